The highest BCUT2D eigenvalue weighted by Gasteiger charge is 2.28. The molecular weight excluding hydrogens is 370 g/mol. The summed E-state index contributed by atoms with van der Waals surface area (Å²) in [6.45, 7) is 1.48. The molecule has 1 aromatic rings. The maximum absolute atomic E-state index is 12.2. The predicted octanol–water partition coefficient (Wildman–Crippen LogP) is 7.45. The molecule has 0 heterocycles. The second kappa shape index (κ2) is 13.7. The summed E-state index contributed by atoms with van der Waals surface area (Å²) in [6, 6.07) is 8.97. The number of halogens is 2. The fraction of sp³-hybridized carbons (Fsp3) is 0.720. The van der Waals surface area contributed by atoms with Crippen LogP contribution in [0.5, 0.6) is 0 Å². The lowest BCUT2D eigenvalue weighted by Crippen LogP contribution is -2.24. The van der Waals surface area contributed by atoms with Gasteiger partial charge >= 0.3 is 5.97 Å². The molecule has 0 N–H and O–H groups in total. The topological polar surface area (TPSA) is 26.3 Å². The van der Waals surface area contributed by atoms with Gasteiger partial charge in [-0.25, -0.2) is 8.78 Å². The SMILES string of the molecule is CCCCCCCCCCc1ccc([C@H]2CC[C@H](C(=O)OCC(F)F)CC2)cc1. The Morgan fingerprint density at radius 3 is 2.10 bits per heavy atom. The van der Waals surface area contributed by atoms with Crippen LogP contribution in [-0.2, 0) is 16.0 Å². The maximum Gasteiger partial charge on any atom is 0.309 e. The number of unbranched alkanes of at least 4 members (excludes halogenated alkanes) is 7. The Morgan fingerprint density at radius 1 is 0.931 bits per heavy atom. The Kier molecular flexibility index (Phi) is 11.3. The molecule has 0 aliphatic heterocycles. The second-order valence-corrected chi connectivity index (χ2v) is 8.54. The summed E-state index contributed by atoms with van der Waals surface area (Å²) in [5.41, 5.74) is 2.74. The third-order valence-corrected chi connectivity index (χ3v) is 6.18. The van der Waals surface area contributed by atoms with Crippen molar-refractivity contribution >= 4 is 5.97 Å². The lowest BCUT2D eigenvalue weighted by molar-refractivity contribution is -0.153. The molecule has 0 amide bonds. The minimum Gasteiger partial charge on any atom is -0.459 e. The summed E-state index contributed by atoms with van der Waals surface area (Å²) in [4.78, 5) is 11.8. The zero-order valence-corrected chi connectivity index (χ0v) is 18.0. The Balaban J connectivity index is 1.63. The number of ether oxygens (including phenoxy) is 1. The van der Waals surface area contributed by atoms with Crippen LogP contribution in [0.1, 0.15) is 101 Å². The average molecular weight is 409 g/mol. The lowest BCUT2D eigenvalue weighted by Gasteiger charge is -2.27. The zero-order valence-electron chi connectivity index (χ0n) is 18.0. The summed E-state index contributed by atoms with van der Waals surface area (Å²) in [5, 5.41) is 0. The minimum absolute atomic E-state index is 0.216. The van der Waals surface area contributed by atoms with Gasteiger partial charge in [0.05, 0.1) is 5.92 Å². The highest BCUT2D eigenvalue weighted by Crippen LogP contribution is 2.36. The number of carbonyl (C=O) groups is 1. The van der Waals surface area contributed by atoms with Gasteiger partial charge in [0.15, 0.2) is 6.61 Å². The van der Waals surface area contributed by atoms with Crippen LogP contribution < -0.4 is 0 Å². The largest absolute Gasteiger partial charge is 0.459 e. The van der Waals surface area contributed by atoms with Gasteiger partial charge in [0.25, 0.3) is 6.43 Å². The molecule has 1 aromatic carbocycles. The molecule has 164 valence electrons. The van der Waals surface area contributed by atoms with Crippen LogP contribution in [0.3, 0.4) is 0 Å². The van der Waals surface area contributed by atoms with Crippen molar-refractivity contribution in [2.75, 3.05) is 6.61 Å². The molecule has 0 bridgehead atoms. The smallest absolute Gasteiger partial charge is 0.309 e. The molecule has 1 fully saturated rings. The molecule has 29 heavy (non-hydrogen) atoms. The molecule has 0 aromatic heterocycles. The van der Waals surface area contributed by atoms with E-state index in [-0.39, 0.29) is 5.92 Å². The van der Waals surface area contributed by atoms with Crippen molar-refractivity contribution < 1.29 is 18.3 Å². The Labute approximate surface area is 175 Å². The minimum atomic E-state index is -2.58. The fourth-order valence-corrected chi connectivity index (χ4v) is 4.34. The molecule has 1 aliphatic carbocycles. The van der Waals surface area contributed by atoms with Crippen LogP contribution in [0.4, 0.5) is 8.78 Å². The normalized spacial score (nSPS) is 19.4. The van der Waals surface area contributed by atoms with Gasteiger partial charge in [-0.3, -0.25) is 4.79 Å². The number of benzene rings is 1. The first-order valence-electron chi connectivity index (χ1n) is 11.6. The fourth-order valence-electron chi connectivity index (χ4n) is 4.34. The Morgan fingerprint density at radius 2 is 1.52 bits per heavy atom. The molecule has 0 atom stereocenters. The number of esters is 1. The van der Waals surface area contributed by atoms with Gasteiger partial charge in [-0.15, -0.1) is 0 Å². The molecular formula is C25H38F2O2. The predicted molar refractivity (Wildman–Crippen MR) is 114 cm³/mol. The molecule has 1 aliphatic rings. The van der Waals surface area contributed by atoms with Crippen molar-refractivity contribution in [3.05, 3.63) is 35.4 Å². The first kappa shape index (κ1) is 23.8. The van der Waals surface area contributed by atoms with Crippen LogP contribution >= 0.6 is 0 Å². The van der Waals surface area contributed by atoms with E-state index in [2.05, 4.69) is 35.9 Å². The molecule has 0 spiro atoms. The van der Waals surface area contributed by atoms with Gasteiger partial charge in [0, 0.05) is 0 Å². The molecule has 2 rings (SSSR count). The van der Waals surface area contributed by atoms with Crippen molar-refractivity contribution in [1.82, 2.24) is 0 Å². The summed E-state index contributed by atoms with van der Waals surface area (Å²) in [7, 11) is 0. The van der Waals surface area contributed by atoms with Crippen LogP contribution in [0.25, 0.3) is 0 Å². The van der Waals surface area contributed by atoms with Crippen LogP contribution in [-0.4, -0.2) is 19.0 Å². The molecule has 0 unspecified atom stereocenters. The van der Waals surface area contributed by atoms with E-state index in [0.29, 0.717) is 5.92 Å². The maximum atomic E-state index is 12.2. The second-order valence-electron chi connectivity index (χ2n) is 8.54. The monoisotopic (exact) mass is 408 g/mol. The van der Waals surface area contributed by atoms with Crippen molar-refractivity contribution in [3.8, 4) is 0 Å². The van der Waals surface area contributed by atoms with Gasteiger partial charge < -0.3 is 4.74 Å². The quantitative estimate of drug-likeness (QED) is 0.250. The van der Waals surface area contributed by atoms with Gasteiger partial charge in [-0.2, -0.15) is 0 Å². The number of aryl methyl sites for hydroxylation is 1. The van der Waals surface area contributed by atoms with E-state index in [0.717, 1.165) is 32.1 Å². The summed E-state index contributed by atoms with van der Waals surface area (Å²) in [6.07, 6.45) is 12.6. The van der Waals surface area contributed by atoms with Crippen LogP contribution in [0.15, 0.2) is 24.3 Å². The van der Waals surface area contributed by atoms with Gasteiger partial charge in [0.2, 0.25) is 0 Å². The number of hydrogen-bond acceptors (Lipinski definition) is 2. The Hall–Kier alpha value is -1.45. The first-order valence-corrected chi connectivity index (χ1v) is 11.6. The standard InChI is InChI=1S/C25H38F2O2/c1-2-3-4-5-6-7-8-9-10-20-11-13-21(14-12-20)22-15-17-23(18-16-22)25(28)29-19-24(26)27/h11-14,22-24H,2-10,15-19H2,1H3/t22-,23-. The third-order valence-electron chi connectivity index (χ3n) is 6.18. The van der Waals surface area contributed by atoms with Gasteiger partial charge in [-0.1, -0.05) is 76.1 Å². The van der Waals surface area contributed by atoms with E-state index in [4.69, 9.17) is 0 Å². The van der Waals surface area contributed by atoms with Gasteiger partial charge in [-0.05, 0) is 55.6 Å². The summed E-state index contributed by atoms with van der Waals surface area (Å²) in [5.74, 6) is -0.206. The molecule has 0 radical (unpaired) electrons. The molecule has 2 nitrogen and oxygen atoms in total. The highest BCUT2D eigenvalue weighted by molar-refractivity contribution is 5.72. The first-order chi connectivity index (χ1) is 14.1. The summed E-state index contributed by atoms with van der Waals surface area (Å²) < 4.78 is 29.0. The van der Waals surface area contributed by atoms with Gasteiger partial charge in [0.1, 0.15) is 0 Å². The Bertz CT molecular complexity index is 563. The zero-order chi connectivity index (χ0) is 20.9. The number of carbonyl (C=O) groups excluding carboxylic acids is 1. The number of hydrogen-bond donors (Lipinski definition) is 0. The van der Waals surface area contributed by atoms with Crippen LogP contribution in [0, 0.1) is 5.92 Å². The summed E-state index contributed by atoms with van der Waals surface area (Å²) >= 11 is 0. The lowest BCUT2D eigenvalue weighted by atomic mass is 9.78. The van der Waals surface area contributed by atoms with E-state index < -0.39 is 19.0 Å². The number of rotatable bonds is 13. The van der Waals surface area contributed by atoms with Crippen LogP contribution in [0.2, 0.25) is 0 Å². The third kappa shape index (κ3) is 9.27. The van der Waals surface area contributed by atoms with Crippen molar-refractivity contribution in [2.24, 2.45) is 5.92 Å². The van der Waals surface area contributed by atoms with Crippen molar-refractivity contribution in [2.45, 2.75) is 103 Å². The van der Waals surface area contributed by atoms with E-state index in [1.807, 2.05) is 0 Å². The van der Waals surface area contributed by atoms with E-state index in [1.165, 1.54) is 62.5 Å². The molecule has 0 saturated heterocycles. The molecule has 4 heteroatoms. The highest BCUT2D eigenvalue weighted by atomic mass is 19.3. The van der Waals surface area contributed by atoms with E-state index >= 15 is 0 Å². The van der Waals surface area contributed by atoms with Crippen molar-refractivity contribution in [1.29, 1.82) is 0 Å². The van der Waals surface area contributed by atoms with E-state index in [9.17, 15) is 13.6 Å². The van der Waals surface area contributed by atoms with Crippen molar-refractivity contribution in [3.63, 3.8) is 0 Å². The van der Waals surface area contributed by atoms with E-state index in [1.54, 1.807) is 0 Å². The number of alkyl halides is 2. The average Bonchev–Trinajstić information content (AvgIpc) is 2.74. The molecule has 1 saturated carbocycles.